The van der Waals surface area contributed by atoms with Gasteiger partial charge in [0.05, 0.1) is 6.04 Å². The second-order valence-corrected chi connectivity index (χ2v) is 8.59. The quantitative estimate of drug-likeness (QED) is 0.543. The maximum atomic E-state index is 13.5. The van der Waals surface area contributed by atoms with E-state index in [-0.39, 0.29) is 12.1 Å². The van der Waals surface area contributed by atoms with Crippen molar-refractivity contribution in [2.45, 2.75) is 38.8 Å². The molecule has 2 amide bonds. The van der Waals surface area contributed by atoms with Crippen molar-refractivity contribution in [1.82, 2.24) is 4.90 Å². The Kier molecular flexibility index (Phi) is 6.26. The van der Waals surface area contributed by atoms with Gasteiger partial charge in [0, 0.05) is 32.0 Å². The number of nitrogens with one attached hydrogen (secondary N) is 1. The molecular weight excluding hydrogens is 382 g/mol. The second-order valence-electron chi connectivity index (χ2n) is 8.59. The van der Waals surface area contributed by atoms with Crippen molar-refractivity contribution in [3.8, 4) is 0 Å². The fourth-order valence-corrected chi connectivity index (χ4v) is 4.30. The fraction of sp³-hybridized carbons (Fsp3) is 0.296. The molecule has 0 aromatic heterocycles. The van der Waals surface area contributed by atoms with Crippen molar-refractivity contribution in [3.05, 3.63) is 95.1 Å². The SMILES string of the molecule is Cc1ccc(NC(=O)N(Cc2ccc(N(C)C)cc2)C2CCCc3ccccc32)cc1. The number of carbonyl (C=O) groups excluding carboxylic acids is 1. The number of anilines is 2. The number of benzene rings is 3. The van der Waals surface area contributed by atoms with Crippen LogP contribution in [0.1, 0.15) is 41.1 Å². The molecule has 160 valence electrons. The van der Waals surface area contributed by atoms with E-state index in [2.05, 4.69) is 58.7 Å². The molecule has 0 bridgehead atoms. The van der Waals surface area contributed by atoms with Crippen LogP contribution < -0.4 is 10.2 Å². The van der Waals surface area contributed by atoms with E-state index in [4.69, 9.17) is 0 Å². The van der Waals surface area contributed by atoms with Crippen LogP contribution in [0.3, 0.4) is 0 Å². The van der Waals surface area contributed by atoms with E-state index in [0.717, 1.165) is 36.2 Å². The lowest BCUT2D eigenvalue weighted by atomic mass is 9.86. The Morgan fingerprint density at radius 2 is 1.68 bits per heavy atom. The number of rotatable bonds is 5. The molecule has 0 radical (unpaired) electrons. The van der Waals surface area contributed by atoms with Gasteiger partial charge >= 0.3 is 6.03 Å². The minimum Gasteiger partial charge on any atom is -0.378 e. The molecule has 4 nitrogen and oxygen atoms in total. The zero-order valence-corrected chi connectivity index (χ0v) is 18.6. The van der Waals surface area contributed by atoms with Crippen LogP contribution in [0.15, 0.2) is 72.8 Å². The highest BCUT2D eigenvalue weighted by molar-refractivity contribution is 5.89. The van der Waals surface area contributed by atoms with Gasteiger partial charge in [-0.05, 0) is 67.1 Å². The summed E-state index contributed by atoms with van der Waals surface area (Å²) < 4.78 is 0. The summed E-state index contributed by atoms with van der Waals surface area (Å²) in [4.78, 5) is 17.6. The van der Waals surface area contributed by atoms with Crippen molar-refractivity contribution < 1.29 is 4.79 Å². The van der Waals surface area contributed by atoms with Gasteiger partial charge in [-0.2, -0.15) is 0 Å². The van der Waals surface area contributed by atoms with Crippen LogP contribution in [-0.4, -0.2) is 25.0 Å². The molecule has 4 rings (SSSR count). The highest BCUT2D eigenvalue weighted by atomic mass is 16.2. The molecule has 0 aliphatic heterocycles. The molecule has 1 aliphatic carbocycles. The molecule has 0 saturated heterocycles. The van der Waals surface area contributed by atoms with Crippen LogP contribution in [0, 0.1) is 6.92 Å². The average molecular weight is 414 g/mol. The van der Waals surface area contributed by atoms with Crippen molar-refractivity contribution >= 4 is 17.4 Å². The third-order valence-electron chi connectivity index (χ3n) is 6.08. The first-order valence-corrected chi connectivity index (χ1v) is 11.0. The molecule has 3 aromatic carbocycles. The van der Waals surface area contributed by atoms with E-state index in [1.807, 2.05) is 50.2 Å². The van der Waals surface area contributed by atoms with Crippen molar-refractivity contribution in [2.75, 3.05) is 24.3 Å². The molecule has 31 heavy (non-hydrogen) atoms. The van der Waals surface area contributed by atoms with E-state index < -0.39 is 0 Å². The normalized spacial score (nSPS) is 15.1. The standard InChI is InChI=1S/C27H31N3O/c1-20-11-15-23(16-12-20)28-27(31)30(19-21-13-17-24(18-14-21)29(2)3)26-10-6-8-22-7-4-5-9-25(22)26/h4-5,7,9,11-18,26H,6,8,10,19H2,1-3H3,(H,28,31). The first-order valence-electron chi connectivity index (χ1n) is 11.0. The lowest BCUT2D eigenvalue weighted by Gasteiger charge is -2.36. The van der Waals surface area contributed by atoms with Crippen LogP contribution in [0.25, 0.3) is 0 Å². The predicted octanol–water partition coefficient (Wildman–Crippen LogP) is 6.17. The average Bonchev–Trinajstić information content (AvgIpc) is 2.79. The highest BCUT2D eigenvalue weighted by Gasteiger charge is 2.29. The first kappa shape index (κ1) is 21.0. The zero-order valence-electron chi connectivity index (χ0n) is 18.6. The number of hydrogen-bond donors (Lipinski definition) is 1. The zero-order chi connectivity index (χ0) is 21.8. The minimum absolute atomic E-state index is 0.0535. The number of aryl methyl sites for hydroxylation is 2. The van der Waals surface area contributed by atoms with Gasteiger partial charge in [-0.25, -0.2) is 4.79 Å². The molecular formula is C27H31N3O. The van der Waals surface area contributed by atoms with Gasteiger partial charge in [0.15, 0.2) is 0 Å². The maximum Gasteiger partial charge on any atom is 0.322 e. The van der Waals surface area contributed by atoms with E-state index in [1.165, 1.54) is 16.7 Å². The van der Waals surface area contributed by atoms with Crippen LogP contribution >= 0.6 is 0 Å². The summed E-state index contributed by atoms with van der Waals surface area (Å²) in [6.07, 6.45) is 3.15. The topological polar surface area (TPSA) is 35.6 Å². The Balaban J connectivity index is 1.63. The largest absolute Gasteiger partial charge is 0.378 e. The Hall–Kier alpha value is -3.27. The van der Waals surface area contributed by atoms with Crippen molar-refractivity contribution in [2.24, 2.45) is 0 Å². The molecule has 0 fully saturated rings. The smallest absolute Gasteiger partial charge is 0.322 e. The van der Waals surface area contributed by atoms with Gasteiger partial charge in [0.1, 0.15) is 0 Å². The summed E-state index contributed by atoms with van der Waals surface area (Å²) in [5, 5.41) is 3.13. The number of nitrogens with zero attached hydrogens (tertiary/aromatic N) is 2. The first-order chi connectivity index (χ1) is 15.0. The third-order valence-corrected chi connectivity index (χ3v) is 6.08. The summed E-state index contributed by atoms with van der Waals surface area (Å²) in [7, 11) is 4.07. The van der Waals surface area contributed by atoms with Gasteiger partial charge in [-0.3, -0.25) is 0 Å². The van der Waals surface area contributed by atoms with E-state index in [9.17, 15) is 4.79 Å². The van der Waals surface area contributed by atoms with Gasteiger partial charge in [0.25, 0.3) is 0 Å². The number of amides is 2. The molecule has 4 heteroatoms. The molecule has 0 spiro atoms. The Labute approximate surface area is 185 Å². The van der Waals surface area contributed by atoms with Gasteiger partial charge in [-0.15, -0.1) is 0 Å². The van der Waals surface area contributed by atoms with Crippen LogP contribution in [-0.2, 0) is 13.0 Å². The predicted molar refractivity (Wildman–Crippen MR) is 129 cm³/mol. The van der Waals surface area contributed by atoms with Crippen LogP contribution in [0.5, 0.6) is 0 Å². The monoisotopic (exact) mass is 413 g/mol. The van der Waals surface area contributed by atoms with Crippen molar-refractivity contribution in [3.63, 3.8) is 0 Å². The Morgan fingerprint density at radius 3 is 2.39 bits per heavy atom. The van der Waals surface area contributed by atoms with Gasteiger partial charge in [-0.1, -0.05) is 54.1 Å². The molecule has 1 unspecified atom stereocenters. The summed E-state index contributed by atoms with van der Waals surface area (Å²) in [5.74, 6) is 0. The molecule has 3 aromatic rings. The Morgan fingerprint density at radius 1 is 0.968 bits per heavy atom. The van der Waals surface area contributed by atoms with Crippen LogP contribution in [0.4, 0.5) is 16.2 Å². The molecule has 1 atom stereocenters. The summed E-state index contributed by atoms with van der Waals surface area (Å²) in [6.45, 7) is 2.62. The molecule has 1 N–H and O–H groups in total. The third kappa shape index (κ3) is 4.91. The molecule has 1 aliphatic rings. The lowest BCUT2D eigenvalue weighted by Crippen LogP contribution is -2.39. The maximum absolute atomic E-state index is 13.5. The van der Waals surface area contributed by atoms with Crippen LogP contribution in [0.2, 0.25) is 0 Å². The van der Waals surface area contributed by atoms with Crippen molar-refractivity contribution in [1.29, 1.82) is 0 Å². The van der Waals surface area contributed by atoms with E-state index in [1.54, 1.807) is 0 Å². The fourth-order valence-electron chi connectivity index (χ4n) is 4.30. The highest BCUT2D eigenvalue weighted by Crippen LogP contribution is 2.35. The Bertz CT molecular complexity index is 1030. The minimum atomic E-state index is -0.0535. The summed E-state index contributed by atoms with van der Waals surface area (Å²) in [6, 6.07) is 25.0. The second kappa shape index (κ2) is 9.25. The van der Waals surface area contributed by atoms with Gasteiger partial charge < -0.3 is 15.1 Å². The molecule has 0 heterocycles. The number of urea groups is 1. The molecule has 0 saturated carbocycles. The number of fused-ring (bicyclic) bond motifs is 1. The lowest BCUT2D eigenvalue weighted by molar-refractivity contribution is 0.175. The summed E-state index contributed by atoms with van der Waals surface area (Å²) in [5.41, 5.74) is 6.92. The number of hydrogen-bond acceptors (Lipinski definition) is 2. The van der Waals surface area contributed by atoms with E-state index >= 15 is 0 Å². The van der Waals surface area contributed by atoms with Gasteiger partial charge in [0.2, 0.25) is 0 Å². The summed E-state index contributed by atoms with van der Waals surface area (Å²) >= 11 is 0. The number of carbonyl (C=O) groups is 1. The van der Waals surface area contributed by atoms with E-state index in [0.29, 0.717) is 6.54 Å².